The van der Waals surface area contributed by atoms with Crippen molar-refractivity contribution in [2.24, 2.45) is 0 Å². The van der Waals surface area contributed by atoms with Gasteiger partial charge in [0, 0.05) is 30.9 Å². The van der Waals surface area contributed by atoms with Gasteiger partial charge < -0.3 is 14.0 Å². The van der Waals surface area contributed by atoms with Crippen molar-refractivity contribution in [3.63, 3.8) is 0 Å². The zero-order chi connectivity index (χ0) is 16.9. The van der Waals surface area contributed by atoms with E-state index in [4.69, 9.17) is 14.0 Å². The van der Waals surface area contributed by atoms with Crippen molar-refractivity contribution < 1.29 is 18.8 Å². The Morgan fingerprint density at radius 1 is 1.42 bits per heavy atom. The summed E-state index contributed by atoms with van der Waals surface area (Å²) < 4.78 is 16.1. The molecule has 0 spiro atoms. The Labute approximate surface area is 141 Å². The first-order valence-electron chi connectivity index (χ1n) is 8.34. The average Bonchev–Trinajstić information content (AvgIpc) is 3.25. The van der Waals surface area contributed by atoms with Crippen molar-refractivity contribution in [2.75, 3.05) is 19.8 Å². The number of Topliss-reactive ketones (excluding diaryl/α,β-unsaturated/α-hetero) is 1. The minimum Gasteiger partial charge on any atom is -0.494 e. The first kappa shape index (κ1) is 16.6. The highest BCUT2D eigenvalue weighted by atomic mass is 16.5. The topological polar surface area (TPSA) is 74.5 Å². The van der Waals surface area contributed by atoms with Crippen LogP contribution < -0.4 is 4.74 Å². The van der Waals surface area contributed by atoms with Gasteiger partial charge in [0.05, 0.1) is 13.2 Å². The molecule has 0 aliphatic carbocycles. The summed E-state index contributed by atoms with van der Waals surface area (Å²) in [6.45, 7) is 5.87. The van der Waals surface area contributed by atoms with Gasteiger partial charge in [-0.1, -0.05) is 5.16 Å². The number of aryl methyl sites for hydroxylation is 2. The molecule has 2 aromatic rings. The fraction of sp³-hybridized carbons (Fsp3) is 0.500. The van der Waals surface area contributed by atoms with Crippen LogP contribution in [0.2, 0.25) is 0 Å². The van der Waals surface area contributed by atoms with Gasteiger partial charge >= 0.3 is 0 Å². The van der Waals surface area contributed by atoms with Gasteiger partial charge in [0.15, 0.2) is 11.6 Å². The number of ketones is 1. The van der Waals surface area contributed by atoms with Gasteiger partial charge in [0.2, 0.25) is 5.89 Å². The second-order valence-corrected chi connectivity index (χ2v) is 5.94. The molecule has 0 bridgehead atoms. The van der Waals surface area contributed by atoms with Crippen molar-refractivity contribution in [1.29, 1.82) is 0 Å². The Balaban J connectivity index is 1.58. The Morgan fingerprint density at radius 2 is 2.29 bits per heavy atom. The molecule has 1 saturated heterocycles. The van der Waals surface area contributed by atoms with Gasteiger partial charge in [-0.05, 0) is 44.0 Å². The van der Waals surface area contributed by atoms with Crippen molar-refractivity contribution in [1.82, 2.24) is 10.1 Å². The second-order valence-electron chi connectivity index (χ2n) is 5.94. The first-order chi connectivity index (χ1) is 11.7. The number of nitrogens with zero attached hydrogens (tertiary/aromatic N) is 2. The average molecular weight is 330 g/mol. The molecule has 128 valence electrons. The molecular formula is C18H22N2O4. The van der Waals surface area contributed by atoms with Crippen LogP contribution in [0.4, 0.5) is 0 Å². The molecule has 0 radical (unpaired) electrons. The molecule has 24 heavy (non-hydrogen) atoms. The van der Waals surface area contributed by atoms with E-state index in [1.807, 2.05) is 26.0 Å². The molecule has 1 aliphatic rings. The molecule has 6 heteroatoms. The number of rotatable bonds is 7. The molecule has 0 N–H and O–H groups in total. The van der Waals surface area contributed by atoms with Gasteiger partial charge in [-0.2, -0.15) is 4.98 Å². The molecule has 1 aliphatic heterocycles. The van der Waals surface area contributed by atoms with Crippen LogP contribution in [0.3, 0.4) is 0 Å². The molecule has 1 fully saturated rings. The lowest BCUT2D eigenvalue weighted by atomic mass is 10.0. The summed E-state index contributed by atoms with van der Waals surface area (Å²) in [4.78, 5) is 16.7. The Morgan fingerprint density at radius 3 is 3.00 bits per heavy atom. The van der Waals surface area contributed by atoms with Crippen molar-refractivity contribution in [2.45, 2.75) is 39.0 Å². The molecule has 1 aromatic heterocycles. The smallest absolute Gasteiger partial charge is 0.227 e. The summed E-state index contributed by atoms with van der Waals surface area (Å²) >= 11 is 0. The van der Waals surface area contributed by atoms with Gasteiger partial charge in [-0.15, -0.1) is 0 Å². The first-order valence-corrected chi connectivity index (χ1v) is 8.34. The van der Waals surface area contributed by atoms with E-state index in [9.17, 15) is 4.79 Å². The third-order valence-electron chi connectivity index (χ3n) is 4.14. The fourth-order valence-electron chi connectivity index (χ4n) is 2.78. The summed E-state index contributed by atoms with van der Waals surface area (Å²) in [7, 11) is 0. The largest absolute Gasteiger partial charge is 0.494 e. The van der Waals surface area contributed by atoms with Gasteiger partial charge in [-0.25, -0.2) is 0 Å². The zero-order valence-electron chi connectivity index (χ0n) is 14.1. The van der Waals surface area contributed by atoms with E-state index in [2.05, 4.69) is 10.1 Å². The summed E-state index contributed by atoms with van der Waals surface area (Å²) in [6.07, 6.45) is 1.71. The standard InChI is InChI=1S/C18H22N2O4/c1-3-23-16-6-4-13(10-12(16)2)15(21)5-7-17-19-18(20-24-17)14-8-9-22-11-14/h4,6,10,14H,3,5,7-9,11H2,1-2H3/t14-/m1/s1. The monoisotopic (exact) mass is 330 g/mol. The van der Waals surface area contributed by atoms with Crippen molar-refractivity contribution in [3.05, 3.63) is 41.0 Å². The quantitative estimate of drug-likeness (QED) is 0.726. The van der Waals surface area contributed by atoms with E-state index in [0.717, 1.165) is 24.3 Å². The number of carbonyl (C=O) groups is 1. The van der Waals surface area contributed by atoms with E-state index in [1.165, 1.54) is 0 Å². The maximum absolute atomic E-state index is 12.4. The van der Waals surface area contributed by atoms with Crippen molar-refractivity contribution >= 4 is 5.78 Å². The molecule has 2 heterocycles. The molecule has 0 amide bonds. The van der Waals surface area contributed by atoms with Crippen LogP contribution >= 0.6 is 0 Å². The van der Waals surface area contributed by atoms with Gasteiger partial charge in [-0.3, -0.25) is 4.79 Å². The van der Waals surface area contributed by atoms with Crippen molar-refractivity contribution in [3.8, 4) is 5.75 Å². The SMILES string of the molecule is CCOc1ccc(C(=O)CCc2nc([C@@H]3CCOC3)no2)cc1C. The predicted octanol–water partition coefficient (Wildman–Crippen LogP) is 3.10. The van der Waals surface area contributed by atoms with E-state index < -0.39 is 0 Å². The number of ether oxygens (including phenoxy) is 2. The van der Waals surface area contributed by atoms with Gasteiger partial charge in [0.25, 0.3) is 0 Å². The van der Waals surface area contributed by atoms with E-state index in [-0.39, 0.29) is 11.7 Å². The molecule has 1 aromatic carbocycles. The molecule has 6 nitrogen and oxygen atoms in total. The Kier molecular flexibility index (Phi) is 5.25. The number of hydrogen-bond donors (Lipinski definition) is 0. The third kappa shape index (κ3) is 3.82. The Bertz CT molecular complexity index is 705. The maximum Gasteiger partial charge on any atom is 0.227 e. The van der Waals surface area contributed by atoms with Crippen LogP contribution in [0, 0.1) is 6.92 Å². The number of carbonyl (C=O) groups excluding carboxylic acids is 1. The summed E-state index contributed by atoms with van der Waals surface area (Å²) in [5.74, 6) is 2.28. The van der Waals surface area contributed by atoms with E-state index >= 15 is 0 Å². The summed E-state index contributed by atoms with van der Waals surface area (Å²) in [5, 5.41) is 4.00. The lowest BCUT2D eigenvalue weighted by molar-refractivity contribution is 0.0979. The summed E-state index contributed by atoms with van der Waals surface area (Å²) in [6, 6.07) is 5.51. The minimum absolute atomic E-state index is 0.0603. The molecule has 3 rings (SSSR count). The predicted molar refractivity (Wildman–Crippen MR) is 87.5 cm³/mol. The molecule has 0 unspecified atom stereocenters. The highest BCUT2D eigenvalue weighted by molar-refractivity contribution is 5.96. The van der Waals surface area contributed by atoms with Crippen LogP contribution in [-0.4, -0.2) is 35.7 Å². The number of hydrogen-bond acceptors (Lipinski definition) is 6. The van der Waals surface area contributed by atoms with Crippen LogP contribution in [0.5, 0.6) is 5.75 Å². The zero-order valence-corrected chi connectivity index (χ0v) is 14.1. The second kappa shape index (κ2) is 7.57. The van der Waals surface area contributed by atoms with E-state index in [1.54, 1.807) is 6.07 Å². The van der Waals surface area contributed by atoms with Gasteiger partial charge in [0.1, 0.15) is 5.75 Å². The number of aromatic nitrogens is 2. The number of benzene rings is 1. The normalized spacial score (nSPS) is 17.2. The molecular weight excluding hydrogens is 308 g/mol. The highest BCUT2D eigenvalue weighted by Crippen LogP contribution is 2.23. The maximum atomic E-state index is 12.4. The van der Waals surface area contributed by atoms with E-state index in [0.29, 0.717) is 43.3 Å². The third-order valence-corrected chi connectivity index (χ3v) is 4.14. The molecule has 0 saturated carbocycles. The Hall–Kier alpha value is -2.21. The molecule has 1 atom stereocenters. The fourth-order valence-corrected chi connectivity index (χ4v) is 2.78. The lowest BCUT2D eigenvalue weighted by Gasteiger charge is -2.08. The summed E-state index contributed by atoms with van der Waals surface area (Å²) in [5.41, 5.74) is 1.64. The van der Waals surface area contributed by atoms with Crippen LogP contribution in [-0.2, 0) is 11.2 Å². The highest BCUT2D eigenvalue weighted by Gasteiger charge is 2.23. The minimum atomic E-state index is 0.0603. The van der Waals surface area contributed by atoms with Crippen LogP contribution in [0.25, 0.3) is 0 Å². The van der Waals surface area contributed by atoms with Crippen LogP contribution in [0.1, 0.15) is 53.3 Å². The van der Waals surface area contributed by atoms with Crippen LogP contribution in [0.15, 0.2) is 22.7 Å². The lowest BCUT2D eigenvalue weighted by Crippen LogP contribution is -2.04.